The number of aromatic nitrogens is 2. The van der Waals surface area contributed by atoms with Crippen LogP contribution in [-0.2, 0) is 6.42 Å². The van der Waals surface area contributed by atoms with Gasteiger partial charge in [-0.2, -0.15) is 0 Å². The van der Waals surface area contributed by atoms with Crippen LogP contribution in [0.25, 0.3) is 11.3 Å². The first-order chi connectivity index (χ1) is 16.9. The minimum atomic E-state index is -0.968. The van der Waals surface area contributed by atoms with Crippen molar-refractivity contribution in [3.8, 4) is 11.3 Å². The summed E-state index contributed by atoms with van der Waals surface area (Å²) >= 11 is 0. The standard InChI is InChI=1S/C25H25F3N6O/c26-16-6-1-7-17(27)21(16)22-18(28)8-9-19(32-22)25(35)33-20-12-31-24-15(5-2-10-30-24)23(20)34-11-3-4-14(29)13-34/h1,6-9,12,14H,2-5,10-11,13,29H2,(H,30,31)(H,33,35). The Labute approximate surface area is 200 Å². The van der Waals surface area contributed by atoms with Crippen LogP contribution < -0.4 is 21.3 Å². The van der Waals surface area contributed by atoms with Gasteiger partial charge in [-0.3, -0.25) is 4.79 Å². The number of anilines is 3. The van der Waals surface area contributed by atoms with Crippen LogP contribution in [0.4, 0.5) is 30.4 Å². The van der Waals surface area contributed by atoms with E-state index in [2.05, 4.69) is 25.5 Å². The second-order valence-corrected chi connectivity index (χ2v) is 8.80. The number of halogens is 3. The molecular formula is C25H25F3N6O. The zero-order chi connectivity index (χ0) is 24.5. The van der Waals surface area contributed by atoms with E-state index in [4.69, 9.17) is 5.73 Å². The average molecular weight is 483 g/mol. The summed E-state index contributed by atoms with van der Waals surface area (Å²) in [5.41, 5.74) is 7.20. The van der Waals surface area contributed by atoms with E-state index in [1.54, 1.807) is 6.20 Å². The molecule has 0 saturated carbocycles. The van der Waals surface area contributed by atoms with E-state index in [1.165, 1.54) is 12.1 Å². The second kappa shape index (κ2) is 9.53. The number of benzene rings is 1. The highest BCUT2D eigenvalue weighted by molar-refractivity contribution is 6.05. The first-order valence-electron chi connectivity index (χ1n) is 11.6. The molecule has 4 heterocycles. The number of amides is 1. The number of carbonyl (C=O) groups is 1. The lowest BCUT2D eigenvalue weighted by Crippen LogP contribution is -2.43. The summed E-state index contributed by atoms with van der Waals surface area (Å²) in [5.74, 6) is -2.74. The van der Waals surface area contributed by atoms with Gasteiger partial charge in [0, 0.05) is 31.2 Å². The number of nitrogens with one attached hydrogen (secondary N) is 2. The van der Waals surface area contributed by atoms with Gasteiger partial charge in [0.2, 0.25) is 0 Å². The third kappa shape index (κ3) is 4.53. The Kier molecular flexibility index (Phi) is 6.29. The fraction of sp³-hybridized carbons (Fsp3) is 0.320. The smallest absolute Gasteiger partial charge is 0.274 e. The first kappa shape index (κ1) is 23.1. The Morgan fingerprint density at radius 3 is 2.69 bits per heavy atom. The molecule has 3 aromatic rings. The molecule has 1 fully saturated rings. The summed E-state index contributed by atoms with van der Waals surface area (Å²) < 4.78 is 43.0. The second-order valence-electron chi connectivity index (χ2n) is 8.80. The largest absolute Gasteiger partial charge is 0.370 e. The van der Waals surface area contributed by atoms with Crippen LogP contribution >= 0.6 is 0 Å². The quantitative estimate of drug-likeness (QED) is 0.518. The maximum Gasteiger partial charge on any atom is 0.274 e. The van der Waals surface area contributed by atoms with Gasteiger partial charge in [-0.05, 0) is 49.9 Å². The van der Waals surface area contributed by atoms with E-state index >= 15 is 0 Å². The summed E-state index contributed by atoms with van der Waals surface area (Å²) in [4.78, 5) is 23.8. The summed E-state index contributed by atoms with van der Waals surface area (Å²) in [6, 6.07) is 5.36. The van der Waals surface area contributed by atoms with Crippen LogP contribution in [0.5, 0.6) is 0 Å². The average Bonchev–Trinajstić information content (AvgIpc) is 2.84. The fourth-order valence-electron chi connectivity index (χ4n) is 4.72. The van der Waals surface area contributed by atoms with Gasteiger partial charge in [0.15, 0.2) is 0 Å². The van der Waals surface area contributed by atoms with Crippen LogP contribution in [0, 0.1) is 17.5 Å². The number of hydrogen-bond acceptors (Lipinski definition) is 6. The van der Waals surface area contributed by atoms with Crippen molar-refractivity contribution in [1.82, 2.24) is 9.97 Å². The summed E-state index contributed by atoms with van der Waals surface area (Å²) in [7, 11) is 0. The predicted molar refractivity (Wildman–Crippen MR) is 128 cm³/mol. The minimum Gasteiger partial charge on any atom is -0.370 e. The maximum atomic E-state index is 14.5. The van der Waals surface area contributed by atoms with Gasteiger partial charge in [-0.25, -0.2) is 23.1 Å². The molecule has 7 nitrogen and oxygen atoms in total. The SMILES string of the molecule is NC1CCCN(c2c(NC(=O)c3ccc(F)c(-c4c(F)cccc4F)n3)cnc3c2CCCN3)C1. The zero-order valence-electron chi connectivity index (χ0n) is 19.0. The van der Waals surface area contributed by atoms with Gasteiger partial charge in [0.25, 0.3) is 5.91 Å². The number of nitrogens with two attached hydrogens (primary N) is 1. The van der Waals surface area contributed by atoms with Crippen molar-refractivity contribution >= 4 is 23.1 Å². The Bertz CT molecular complexity index is 1260. The molecule has 2 aromatic heterocycles. The molecule has 1 amide bonds. The lowest BCUT2D eigenvalue weighted by molar-refractivity contribution is 0.102. The van der Waals surface area contributed by atoms with Gasteiger partial charge >= 0.3 is 0 Å². The van der Waals surface area contributed by atoms with E-state index in [0.717, 1.165) is 74.0 Å². The van der Waals surface area contributed by atoms with Crippen molar-refractivity contribution in [3.63, 3.8) is 0 Å². The number of piperidine rings is 1. The molecule has 182 valence electrons. The normalized spacial score (nSPS) is 17.5. The van der Waals surface area contributed by atoms with E-state index in [0.29, 0.717) is 12.2 Å². The lowest BCUT2D eigenvalue weighted by Gasteiger charge is -2.36. The Morgan fingerprint density at radius 2 is 1.91 bits per heavy atom. The number of rotatable bonds is 4. The zero-order valence-corrected chi connectivity index (χ0v) is 19.0. The van der Waals surface area contributed by atoms with Crippen LogP contribution in [0.1, 0.15) is 35.3 Å². The molecule has 1 unspecified atom stereocenters. The Morgan fingerprint density at radius 1 is 1.11 bits per heavy atom. The first-order valence-corrected chi connectivity index (χ1v) is 11.6. The molecule has 0 aliphatic carbocycles. The molecule has 35 heavy (non-hydrogen) atoms. The predicted octanol–water partition coefficient (Wildman–Crippen LogP) is 4.10. The van der Waals surface area contributed by atoms with Gasteiger partial charge in [-0.1, -0.05) is 6.07 Å². The van der Waals surface area contributed by atoms with Crippen molar-refractivity contribution in [3.05, 3.63) is 65.2 Å². The molecule has 10 heteroatoms. The maximum absolute atomic E-state index is 14.5. The van der Waals surface area contributed by atoms with E-state index in [9.17, 15) is 18.0 Å². The van der Waals surface area contributed by atoms with Gasteiger partial charge < -0.3 is 21.3 Å². The third-order valence-corrected chi connectivity index (χ3v) is 6.35. The van der Waals surface area contributed by atoms with Crippen molar-refractivity contribution < 1.29 is 18.0 Å². The topological polar surface area (TPSA) is 96.2 Å². The van der Waals surface area contributed by atoms with Crippen molar-refractivity contribution in [2.24, 2.45) is 5.73 Å². The third-order valence-electron chi connectivity index (χ3n) is 6.35. The lowest BCUT2D eigenvalue weighted by atomic mass is 10.00. The van der Waals surface area contributed by atoms with Crippen LogP contribution in [-0.4, -0.2) is 41.6 Å². The summed E-state index contributed by atoms with van der Waals surface area (Å²) in [6.45, 7) is 2.25. The molecule has 1 atom stereocenters. The number of carbonyl (C=O) groups excluding carboxylic acids is 1. The van der Waals surface area contributed by atoms with Gasteiger partial charge in [0.05, 0.1) is 23.1 Å². The Balaban J connectivity index is 1.51. The highest BCUT2D eigenvalue weighted by Gasteiger charge is 2.27. The van der Waals surface area contributed by atoms with Crippen LogP contribution in [0.2, 0.25) is 0 Å². The molecule has 1 aromatic carbocycles. The van der Waals surface area contributed by atoms with Crippen LogP contribution in [0.15, 0.2) is 36.5 Å². The number of pyridine rings is 2. The molecule has 2 aliphatic rings. The summed E-state index contributed by atoms with van der Waals surface area (Å²) in [5, 5.41) is 6.13. The van der Waals surface area contributed by atoms with Gasteiger partial charge in [-0.15, -0.1) is 0 Å². The van der Waals surface area contributed by atoms with Crippen LogP contribution in [0.3, 0.4) is 0 Å². The minimum absolute atomic E-state index is 0.0182. The molecule has 4 N–H and O–H groups in total. The van der Waals surface area contributed by atoms with Crippen molar-refractivity contribution in [1.29, 1.82) is 0 Å². The number of fused-ring (bicyclic) bond motifs is 1. The van der Waals surface area contributed by atoms with E-state index in [-0.39, 0.29) is 11.7 Å². The fourth-order valence-corrected chi connectivity index (χ4v) is 4.72. The number of nitrogens with zero attached hydrogens (tertiary/aromatic N) is 3. The van der Waals surface area contributed by atoms with Crippen molar-refractivity contribution in [2.45, 2.75) is 31.7 Å². The highest BCUT2D eigenvalue weighted by atomic mass is 19.1. The van der Waals surface area contributed by atoms with E-state index in [1.807, 2.05) is 0 Å². The molecule has 1 saturated heterocycles. The molecular weight excluding hydrogens is 457 g/mol. The number of hydrogen-bond donors (Lipinski definition) is 3. The van der Waals surface area contributed by atoms with Crippen molar-refractivity contribution in [2.75, 3.05) is 35.2 Å². The monoisotopic (exact) mass is 482 g/mol. The Hall–Kier alpha value is -3.66. The summed E-state index contributed by atoms with van der Waals surface area (Å²) in [6.07, 6.45) is 5.15. The molecule has 2 aliphatic heterocycles. The van der Waals surface area contributed by atoms with Gasteiger partial charge in [0.1, 0.15) is 34.7 Å². The highest BCUT2D eigenvalue weighted by Crippen LogP contribution is 2.38. The molecule has 0 spiro atoms. The van der Waals surface area contributed by atoms with E-state index < -0.39 is 34.6 Å². The molecule has 0 radical (unpaired) electrons. The molecule has 5 rings (SSSR count). The molecule has 0 bridgehead atoms.